The predicted octanol–water partition coefficient (Wildman–Crippen LogP) is 8.89. The number of benzene rings is 2. The van der Waals surface area contributed by atoms with Gasteiger partial charge in [0.15, 0.2) is 0 Å². The highest BCUT2D eigenvalue weighted by molar-refractivity contribution is 6.04. The van der Waals surface area contributed by atoms with E-state index < -0.39 is 11.9 Å². The van der Waals surface area contributed by atoms with Crippen LogP contribution in [0.5, 0.6) is 11.5 Å². The number of carbonyl (C=O) groups is 3. The van der Waals surface area contributed by atoms with Crippen LogP contribution in [-0.2, 0) is 9.59 Å². The van der Waals surface area contributed by atoms with Gasteiger partial charge in [-0.25, -0.2) is 0 Å². The SMILES string of the molecule is O=C(O)CCCCCCCCCCOc1ccc(NC(=O)c2ccc(OCCCCCCCCCCC(=O)O)cc2)cc1. The Balaban J connectivity index is 1.51. The summed E-state index contributed by atoms with van der Waals surface area (Å²) in [5, 5.41) is 20.2. The van der Waals surface area contributed by atoms with Crippen LogP contribution in [0.4, 0.5) is 5.69 Å². The van der Waals surface area contributed by atoms with Crippen LogP contribution in [0.1, 0.15) is 126 Å². The van der Waals surface area contributed by atoms with Crippen molar-refractivity contribution >= 4 is 23.5 Å². The minimum absolute atomic E-state index is 0.176. The second-order valence-electron chi connectivity index (χ2n) is 11.1. The molecule has 0 aliphatic heterocycles. The number of unbranched alkanes of at least 4 members (excludes halogenated alkanes) is 14. The molecule has 0 heterocycles. The summed E-state index contributed by atoms with van der Waals surface area (Å²) in [7, 11) is 0. The third-order valence-corrected chi connectivity index (χ3v) is 7.34. The normalized spacial score (nSPS) is 10.8. The summed E-state index contributed by atoms with van der Waals surface area (Å²) in [5.41, 5.74) is 1.28. The van der Waals surface area contributed by atoms with Gasteiger partial charge in [-0.3, -0.25) is 14.4 Å². The maximum atomic E-state index is 12.6. The summed E-state index contributed by atoms with van der Waals surface area (Å²) >= 11 is 0. The van der Waals surface area contributed by atoms with Gasteiger partial charge in [-0.05, 0) is 74.2 Å². The average molecular weight is 598 g/mol. The first-order valence-corrected chi connectivity index (χ1v) is 16.1. The van der Waals surface area contributed by atoms with E-state index in [4.69, 9.17) is 19.7 Å². The molecule has 0 aromatic heterocycles. The van der Waals surface area contributed by atoms with E-state index >= 15 is 0 Å². The molecule has 238 valence electrons. The van der Waals surface area contributed by atoms with Gasteiger partial charge < -0.3 is 25.0 Å². The molecule has 0 aliphatic carbocycles. The Kier molecular flexibility index (Phi) is 19.0. The molecule has 0 radical (unpaired) electrons. The summed E-state index contributed by atoms with van der Waals surface area (Å²) in [5.74, 6) is -0.0522. The molecule has 43 heavy (non-hydrogen) atoms. The van der Waals surface area contributed by atoms with Crippen LogP contribution in [0.15, 0.2) is 48.5 Å². The Labute approximate surface area is 257 Å². The molecule has 0 aliphatic rings. The topological polar surface area (TPSA) is 122 Å². The zero-order valence-corrected chi connectivity index (χ0v) is 25.7. The third-order valence-electron chi connectivity index (χ3n) is 7.34. The van der Waals surface area contributed by atoms with Gasteiger partial charge in [0.25, 0.3) is 5.91 Å². The Morgan fingerprint density at radius 1 is 0.488 bits per heavy atom. The van der Waals surface area contributed by atoms with E-state index in [2.05, 4.69) is 5.32 Å². The van der Waals surface area contributed by atoms with Crippen molar-refractivity contribution in [2.24, 2.45) is 0 Å². The second kappa shape index (κ2) is 23.0. The summed E-state index contributed by atoms with van der Waals surface area (Å²) < 4.78 is 11.7. The average Bonchev–Trinajstić information content (AvgIpc) is 2.99. The maximum Gasteiger partial charge on any atom is 0.303 e. The summed E-state index contributed by atoms with van der Waals surface area (Å²) in [6, 6.07) is 14.6. The number of anilines is 1. The van der Waals surface area contributed by atoms with Crippen LogP contribution in [0, 0.1) is 0 Å². The van der Waals surface area contributed by atoms with Crippen molar-refractivity contribution in [1.82, 2.24) is 0 Å². The van der Waals surface area contributed by atoms with Crippen LogP contribution in [0.25, 0.3) is 0 Å². The van der Waals surface area contributed by atoms with Crippen molar-refractivity contribution in [2.75, 3.05) is 18.5 Å². The van der Waals surface area contributed by atoms with Crippen molar-refractivity contribution in [3.05, 3.63) is 54.1 Å². The van der Waals surface area contributed by atoms with E-state index in [1.165, 1.54) is 19.3 Å². The zero-order valence-electron chi connectivity index (χ0n) is 25.7. The van der Waals surface area contributed by atoms with Crippen molar-refractivity contribution in [3.63, 3.8) is 0 Å². The highest BCUT2D eigenvalue weighted by Gasteiger charge is 2.07. The summed E-state index contributed by atoms with van der Waals surface area (Å²) in [6.07, 6.45) is 17.5. The number of carboxylic acid groups (broad SMARTS) is 2. The number of amides is 1. The Morgan fingerprint density at radius 2 is 0.837 bits per heavy atom. The molecule has 0 saturated heterocycles. The van der Waals surface area contributed by atoms with Gasteiger partial charge in [0.2, 0.25) is 0 Å². The van der Waals surface area contributed by atoms with Gasteiger partial charge in [-0.1, -0.05) is 77.0 Å². The first-order chi connectivity index (χ1) is 20.9. The number of hydrogen-bond acceptors (Lipinski definition) is 5. The van der Waals surface area contributed by atoms with Crippen molar-refractivity contribution in [2.45, 2.75) is 116 Å². The lowest BCUT2D eigenvalue weighted by atomic mass is 10.1. The third kappa shape index (κ3) is 18.6. The van der Waals surface area contributed by atoms with E-state index in [0.29, 0.717) is 24.5 Å². The maximum absolute atomic E-state index is 12.6. The lowest BCUT2D eigenvalue weighted by molar-refractivity contribution is -0.138. The molecule has 8 heteroatoms. The quantitative estimate of drug-likeness (QED) is 0.0926. The van der Waals surface area contributed by atoms with E-state index in [-0.39, 0.29) is 18.7 Å². The molecule has 0 bridgehead atoms. The van der Waals surface area contributed by atoms with Crippen molar-refractivity contribution < 1.29 is 34.1 Å². The molecule has 0 atom stereocenters. The van der Waals surface area contributed by atoms with Crippen LogP contribution >= 0.6 is 0 Å². The van der Waals surface area contributed by atoms with Gasteiger partial charge in [-0.2, -0.15) is 0 Å². The fourth-order valence-corrected chi connectivity index (χ4v) is 4.80. The minimum atomic E-state index is -0.708. The van der Waals surface area contributed by atoms with Crippen molar-refractivity contribution in [1.29, 1.82) is 0 Å². The molecule has 0 saturated carbocycles. The predicted molar refractivity (Wildman–Crippen MR) is 170 cm³/mol. The standard InChI is InChI=1S/C35H51NO7/c37-33(38)17-13-9-5-1-3-7-11-15-27-42-31-23-19-29(20-24-31)35(41)36-30-21-25-32(26-22-30)43-28-16-12-8-4-2-6-10-14-18-34(39)40/h19-26H,1-18,27-28H2,(H,36,41)(H,37,38)(H,39,40). The zero-order chi connectivity index (χ0) is 31.0. The van der Waals surface area contributed by atoms with Gasteiger partial charge >= 0.3 is 11.9 Å². The van der Waals surface area contributed by atoms with Crippen LogP contribution in [0.3, 0.4) is 0 Å². The Morgan fingerprint density at radius 3 is 1.23 bits per heavy atom. The van der Waals surface area contributed by atoms with Crippen LogP contribution in [-0.4, -0.2) is 41.3 Å². The molecule has 2 aromatic carbocycles. The number of aliphatic carboxylic acids is 2. The smallest absolute Gasteiger partial charge is 0.303 e. The molecule has 0 unspecified atom stereocenters. The van der Waals surface area contributed by atoms with Gasteiger partial charge in [0, 0.05) is 24.1 Å². The molecular formula is C35H51NO7. The van der Waals surface area contributed by atoms with E-state index in [9.17, 15) is 14.4 Å². The number of nitrogens with one attached hydrogen (secondary N) is 1. The lowest BCUT2D eigenvalue weighted by Crippen LogP contribution is -2.11. The monoisotopic (exact) mass is 597 g/mol. The van der Waals surface area contributed by atoms with Gasteiger partial charge in [-0.15, -0.1) is 0 Å². The first-order valence-electron chi connectivity index (χ1n) is 16.1. The molecule has 0 spiro atoms. The first kappa shape index (κ1) is 35.6. The van der Waals surface area contributed by atoms with Crippen LogP contribution in [0.2, 0.25) is 0 Å². The molecule has 2 rings (SSSR count). The number of rotatable bonds is 26. The van der Waals surface area contributed by atoms with Crippen molar-refractivity contribution in [3.8, 4) is 11.5 Å². The molecule has 3 N–H and O–H groups in total. The highest BCUT2D eigenvalue weighted by Crippen LogP contribution is 2.19. The lowest BCUT2D eigenvalue weighted by Gasteiger charge is -2.10. The summed E-state index contributed by atoms with van der Waals surface area (Å²) in [6.45, 7) is 1.31. The fourth-order valence-electron chi connectivity index (χ4n) is 4.80. The largest absolute Gasteiger partial charge is 0.494 e. The molecule has 0 fully saturated rings. The van der Waals surface area contributed by atoms with E-state index in [1.807, 2.05) is 36.4 Å². The van der Waals surface area contributed by atoms with Gasteiger partial charge in [0.1, 0.15) is 11.5 Å². The molecule has 1 amide bonds. The van der Waals surface area contributed by atoms with Gasteiger partial charge in [0.05, 0.1) is 13.2 Å². The van der Waals surface area contributed by atoms with Crippen LogP contribution < -0.4 is 14.8 Å². The number of hydrogen-bond donors (Lipinski definition) is 3. The summed E-state index contributed by atoms with van der Waals surface area (Å²) in [4.78, 5) is 33.6. The minimum Gasteiger partial charge on any atom is -0.494 e. The Hall–Kier alpha value is -3.55. The van der Waals surface area contributed by atoms with E-state index in [0.717, 1.165) is 95.0 Å². The number of ether oxygens (including phenoxy) is 2. The molecule has 8 nitrogen and oxygen atoms in total. The molecule has 2 aromatic rings. The number of carbonyl (C=O) groups excluding carboxylic acids is 1. The highest BCUT2D eigenvalue weighted by atomic mass is 16.5. The molecular weight excluding hydrogens is 546 g/mol. The Bertz CT molecular complexity index is 1040. The number of carboxylic acids is 2. The fraction of sp³-hybridized carbons (Fsp3) is 0.571. The second-order valence-corrected chi connectivity index (χ2v) is 11.1. The van der Waals surface area contributed by atoms with E-state index in [1.54, 1.807) is 12.1 Å².